The van der Waals surface area contributed by atoms with E-state index in [2.05, 4.69) is 0 Å². The van der Waals surface area contributed by atoms with Gasteiger partial charge in [-0.25, -0.2) is 9.13 Å². The van der Waals surface area contributed by atoms with Gasteiger partial charge in [0, 0.05) is 0 Å². The molecule has 0 aliphatic carbocycles. The van der Waals surface area contributed by atoms with Gasteiger partial charge in [0.2, 0.25) is 0 Å². The molecule has 8 nitrogen and oxygen atoms in total. The van der Waals surface area contributed by atoms with Crippen LogP contribution in [0.5, 0.6) is 11.5 Å². The van der Waals surface area contributed by atoms with Crippen molar-refractivity contribution in [1.82, 2.24) is 0 Å². The average Bonchev–Trinajstić information content (AvgIpc) is 2.55. The number of phosphoric acid groups is 2. The maximum Gasteiger partial charge on any atom is 0.524 e. The van der Waals surface area contributed by atoms with Crippen LogP contribution in [0.3, 0.4) is 0 Å². The molecule has 0 bridgehead atoms. The summed E-state index contributed by atoms with van der Waals surface area (Å²) in [6, 6.07) is 9.79. The summed E-state index contributed by atoms with van der Waals surface area (Å²) in [4.78, 5) is 37.6. The molecule has 0 aliphatic heterocycles. The summed E-state index contributed by atoms with van der Waals surface area (Å²) in [6.45, 7) is 7.87. The Labute approximate surface area is 173 Å². The van der Waals surface area contributed by atoms with E-state index < -0.39 is 15.6 Å². The molecule has 0 amide bonds. The fourth-order valence-electron chi connectivity index (χ4n) is 2.45. The van der Waals surface area contributed by atoms with Crippen molar-refractivity contribution in [2.75, 3.05) is 0 Å². The van der Waals surface area contributed by atoms with Crippen molar-refractivity contribution in [3.8, 4) is 11.5 Å². The first kappa shape index (κ1) is 24.0. The molecule has 0 fully saturated rings. The van der Waals surface area contributed by atoms with Gasteiger partial charge in [-0.3, -0.25) is 19.6 Å². The van der Waals surface area contributed by atoms with Crippen LogP contribution in [-0.2, 0) is 9.13 Å². The van der Waals surface area contributed by atoms with Crippen LogP contribution < -0.4 is 9.05 Å². The summed E-state index contributed by atoms with van der Waals surface area (Å²) in [5.41, 5.74) is 1.81. The Morgan fingerprint density at radius 2 is 1.07 bits per heavy atom. The molecule has 0 aliphatic rings. The topological polar surface area (TPSA) is 134 Å². The Kier molecular flexibility index (Phi) is 7.63. The van der Waals surface area contributed by atoms with Gasteiger partial charge in [0.25, 0.3) is 0 Å². The normalized spacial score (nSPS) is 12.5. The van der Waals surface area contributed by atoms with Crippen LogP contribution in [0, 0.1) is 0 Å². The highest BCUT2D eigenvalue weighted by Gasteiger charge is 2.23. The van der Waals surface area contributed by atoms with E-state index in [4.69, 9.17) is 9.05 Å². The fraction of sp³-hybridized carbons (Fsp3) is 0.333. The smallest absolute Gasteiger partial charge is 0.403 e. The van der Waals surface area contributed by atoms with Crippen LogP contribution in [-0.4, -0.2) is 19.6 Å². The number of hydrogen-bond acceptors (Lipinski definition) is 5. The number of rotatable bonds is 8. The molecule has 0 heterocycles. The minimum absolute atomic E-state index is 0.0372. The van der Waals surface area contributed by atoms with Crippen LogP contribution in [0.25, 0.3) is 0 Å². The molecule has 2 aromatic carbocycles. The predicted octanol–water partition coefficient (Wildman–Crippen LogP) is 5.03. The SMILES string of the molecule is CC(C)c1ccc(OP(=O)(O)O)c(Sc2cc(C(C)C)ccc2OP(=O)(O)O)c1. The Bertz CT molecular complexity index is 887. The van der Waals surface area contributed by atoms with E-state index in [1.54, 1.807) is 24.3 Å². The third kappa shape index (κ3) is 7.46. The van der Waals surface area contributed by atoms with Crippen LogP contribution >= 0.6 is 27.4 Å². The predicted molar refractivity (Wildman–Crippen MR) is 111 cm³/mol. The second-order valence-corrected chi connectivity index (χ2v) is 10.4. The summed E-state index contributed by atoms with van der Waals surface area (Å²) in [5.74, 6) is 0.215. The van der Waals surface area contributed by atoms with Gasteiger partial charge in [0.15, 0.2) is 0 Å². The lowest BCUT2D eigenvalue weighted by Crippen LogP contribution is -1.97. The monoisotopic (exact) mass is 462 g/mol. The summed E-state index contributed by atoms with van der Waals surface area (Å²) in [5, 5.41) is 0. The van der Waals surface area contributed by atoms with E-state index >= 15 is 0 Å². The fourth-order valence-corrected chi connectivity index (χ4v) is 4.45. The summed E-state index contributed by atoms with van der Waals surface area (Å²) in [6.07, 6.45) is 0. The molecule has 4 N–H and O–H groups in total. The molecule has 2 rings (SSSR count). The zero-order valence-corrected chi connectivity index (χ0v) is 18.9. The van der Waals surface area contributed by atoms with Crippen molar-refractivity contribution in [3.05, 3.63) is 47.5 Å². The molecular formula is C18H24O8P2S. The Hall–Kier alpha value is -1.31. The van der Waals surface area contributed by atoms with E-state index in [0.717, 1.165) is 22.9 Å². The first-order valence-corrected chi connectivity index (χ1v) is 12.6. The lowest BCUT2D eigenvalue weighted by atomic mass is 10.0. The van der Waals surface area contributed by atoms with Crippen LogP contribution in [0.2, 0.25) is 0 Å². The largest absolute Gasteiger partial charge is 0.524 e. The summed E-state index contributed by atoms with van der Waals surface area (Å²) >= 11 is 1.05. The first-order valence-electron chi connectivity index (χ1n) is 8.71. The molecular weight excluding hydrogens is 438 g/mol. The molecule has 0 spiro atoms. The quantitative estimate of drug-likeness (QED) is 0.399. The van der Waals surface area contributed by atoms with E-state index in [0.29, 0.717) is 9.79 Å². The van der Waals surface area contributed by atoms with Gasteiger partial charge in [-0.2, -0.15) is 0 Å². The van der Waals surface area contributed by atoms with E-state index in [-0.39, 0.29) is 23.3 Å². The van der Waals surface area contributed by atoms with E-state index in [1.807, 2.05) is 27.7 Å². The molecule has 0 saturated carbocycles. The van der Waals surface area contributed by atoms with E-state index in [9.17, 15) is 28.7 Å². The van der Waals surface area contributed by atoms with Gasteiger partial charge in [-0.05, 0) is 47.2 Å². The standard InChI is InChI=1S/C18H24O8P2S/c1-11(2)13-5-7-15(25-27(19,20)21)17(9-13)29-18-10-14(12(3)4)6-8-16(18)26-28(22,23)24/h5-12H,1-4H3,(H2,19,20,21)(H2,22,23,24). The van der Waals surface area contributed by atoms with Crippen LogP contribution in [0.1, 0.15) is 50.7 Å². The van der Waals surface area contributed by atoms with Crippen molar-refractivity contribution in [2.24, 2.45) is 0 Å². The maximum atomic E-state index is 11.4. The number of phosphoric ester groups is 2. The maximum absolute atomic E-state index is 11.4. The molecule has 0 radical (unpaired) electrons. The molecule has 11 heteroatoms. The van der Waals surface area contributed by atoms with E-state index in [1.165, 1.54) is 12.1 Å². The van der Waals surface area contributed by atoms with Crippen LogP contribution in [0.15, 0.2) is 46.2 Å². The van der Waals surface area contributed by atoms with Crippen molar-refractivity contribution >= 4 is 27.4 Å². The highest BCUT2D eigenvalue weighted by atomic mass is 32.2. The lowest BCUT2D eigenvalue weighted by molar-refractivity contribution is 0.279. The van der Waals surface area contributed by atoms with Gasteiger partial charge in [0.1, 0.15) is 11.5 Å². The Morgan fingerprint density at radius 1 is 0.724 bits per heavy atom. The summed E-state index contributed by atoms with van der Waals surface area (Å²) in [7, 11) is -9.60. The molecule has 29 heavy (non-hydrogen) atoms. The molecule has 0 unspecified atom stereocenters. The number of hydrogen-bond donors (Lipinski definition) is 4. The van der Waals surface area contributed by atoms with Gasteiger partial charge in [0.05, 0.1) is 9.79 Å². The number of benzene rings is 2. The van der Waals surface area contributed by atoms with Crippen molar-refractivity contribution < 1.29 is 37.8 Å². The molecule has 0 saturated heterocycles. The minimum Gasteiger partial charge on any atom is -0.403 e. The molecule has 2 aromatic rings. The summed E-state index contributed by atoms with van der Waals surface area (Å²) < 4.78 is 32.3. The lowest BCUT2D eigenvalue weighted by Gasteiger charge is -2.17. The van der Waals surface area contributed by atoms with Gasteiger partial charge >= 0.3 is 15.6 Å². The third-order valence-corrected chi connectivity index (χ3v) is 5.87. The highest BCUT2D eigenvalue weighted by Crippen LogP contribution is 2.49. The zero-order chi connectivity index (χ0) is 22.0. The van der Waals surface area contributed by atoms with Gasteiger partial charge in [-0.15, -0.1) is 0 Å². The molecule has 0 atom stereocenters. The second-order valence-electron chi connectivity index (χ2n) is 6.99. The minimum atomic E-state index is -4.80. The van der Waals surface area contributed by atoms with Crippen molar-refractivity contribution in [3.63, 3.8) is 0 Å². The highest BCUT2D eigenvalue weighted by molar-refractivity contribution is 7.99. The first-order chi connectivity index (χ1) is 13.2. The second kappa shape index (κ2) is 9.23. The van der Waals surface area contributed by atoms with Crippen molar-refractivity contribution in [2.45, 2.75) is 49.3 Å². The Balaban J connectivity index is 2.57. The van der Waals surface area contributed by atoms with Crippen molar-refractivity contribution in [1.29, 1.82) is 0 Å². The molecule has 160 valence electrons. The van der Waals surface area contributed by atoms with Crippen LogP contribution in [0.4, 0.5) is 0 Å². The molecule has 0 aromatic heterocycles. The average molecular weight is 462 g/mol. The van der Waals surface area contributed by atoms with Gasteiger partial charge in [-0.1, -0.05) is 51.6 Å². The Morgan fingerprint density at radius 3 is 1.34 bits per heavy atom. The van der Waals surface area contributed by atoms with Gasteiger partial charge < -0.3 is 9.05 Å². The zero-order valence-electron chi connectivity index (χ0n) is 16.3. The third-order valence-electron chi connectivity index (χ3n) is 3.92.